The zero-order valence-electron chi connectivity index (χ0n) is 19.0. The summed E-state index contributed by atoms with van der Waals surface area (Å²) in [6, 6.07) is 4.99. The molecule has 1 aromatic heterocycles. The van der Waals surface area contributed by atoms with Crippen LogP contribution in [0.5, 0.6) is 5.75 Å². The number of hydrogen-bond donors (Lipinski definition) is 2. The molecule has 1 atom stereocenters. The minimum absolute atomic E-state index is 0.0151. The van der Waals surface area contributed by atoms with Gasteiger partial charge >= 0.3 is 0 Å². The van der Waals surface area contributed by atoms with Gasteiger partial charge in [-0.2, -0.15) is 0 Å². The number of halogens is 1. The standard InChI is InChI=1S/C23H28ClN5O4/c1-4-29-21(31)19-18(20(30)27-16-11-14(24)9-10-17(16)33-3)25-13-28(19)12-23(29,2)22(32)26-15-7-5-6-8-15/h9-11,13,15H,4-8,12H2,1-3H3,(H,26,32)(H,27,30)/t23-/m0/s1. The van der Waals surface area contributed by atoms with E-state index in [0.717, 1.165) is 25.7 Å². The average Bonchev–Trinajstić information content (AvgIpc) is 3.44. The molecular formula is C23H28ClN5O4. The number of nitrogens with zero attached hydrogens (tertiary/aromatic N) is 3. The first-order chi connectivity index (χ1) is 15.8. The Morgan fingerprint density at radius 3 is 2.70 bits per heavy atom. The maximum atomic E-state index is 13.5. The molecule has 2 aromatic rings. The predicted molar refractivity (Wildman–Crippen MR) is 124 cm³/mol. The van der Waals surface area contributed by atoms with Crippen molar-refractivity contribution >= 4 is 35.0 Å². The van der Waals surface area contributed by atoms with Gasteiger partial charge in [0.15, 0.2) is 5.69 Å². The van der Waals surface area contributed by atoms with Crippen molar-refractivity contribution in [1.82, 2.24) is 19.8 Å². The maximum Gasteiger partial charge on any atom is 0.276 e. The van der Waals surface area contributed by atoms with E-state index in [0.29, 0.717) is 23.0 Å². The molecule has 3 amide bonds. The number of hydrogen-bond acceptors (Lipinski definition) is 5. The van der Waals surface area contributed by atoms with Crippen molar-refractivity contribution in [2.75, 3.05) is 19.0 Å². The zero-order chi connectivity index (χ0) is 23.8. The molecule has 33 heavy (non-hydrogen) atoms. The molecule has 0 spiro atoms. The van der Waals surface area contributed by atoms with E-state index >= 15 is 0 Å². The normalized spacial score (nSPS) is 20.5. The van der Waals surface area contributed by atoms with Gasteiger partial charge in [0.2, 0.25) is 5.91 Å². The van der Waals surface area contributed by atoms with Crippen LogP contribution in [0.25, 0.3) is 0 Å². The van der Waals surface area contributed by atoms with Gasteiger partial charge in [0, 0.05) is 17.6 Å². The zero-order valence-corrected chi connectivity index (χ0v) is 19.7. The lowest BCUT2D eigenvalue weighted by Gasteiger charge is -2.43. The minimum Gasteiger partial charge on any atom is -0.495 e. The van der Waals surface area contributed by atoms with E-state index in [2.05, 4.69) is 15.6 Å². The van der Waals surface area contributed by atoms with Gasteiger partial charge in [-0.3, -0.25) is 14.4 Å². The molecule has 176 valence electrons. The number of carbonyl (C=O) groups is 3. The van der Waals surface area contributed by atoms with Gasteiger partial charge < -0.3 is 24.8 Å². The van der Waals surface area contributed by atoms with Gasteiger partial charge in [-0.15, -0.1) is 0 Å². The predicted octanol–water partition coefficient (Wildman–Crippen LogP) is 3.09. The van der Waals surface area contributed by atoms with Crippen LogP contribution in [-0.4, -0.2) is 57.4 Å². The molecule has 2 aliphatic rings. The van der Waals surface area contributed by atoms with Gasteiger partial charge in [-0.25, -0.2) is 4.98 Å². The van der Waals surface area contributed by atoms with E-state index in [4.69, 9.17) is 16.3 Å². The molecule has 9 nitrogen and oxygen atoms in total. The fourth-order valence-corrected chi connectivity index (χ4v) is 4.89. The third kappa shape index (κ3) is 4.17. The van der Waals surface area contributed by atoms with Gasteiger partial charge in [0.05, 0.1) is 25.7 Å². The van der Waals surface area contributed by atoms with Crippen molar-refractivity contribution < 1.29 is 19.1 Å². The second kappa shape index (κ2) is 9.05. The summed E-state index contributed by atoms with van der Waals surface area (Å²) in [4.78, 5) is 45.5. The van der Waals surface area contributed by atoms with Crippen molar-refractivity contribution in [3.63, 3.8) is 0 Å². The number of carbonyl (C=O) groups excluding carboxylic acids is 3. The Morgan fingerprint density at radius 2 is 2.03 bits per heavy atom. The van der Waals surface area contributed by atoms with Crippen molar-refractivity contribution in [3.05, 3.63) is 40.9 Å². The summed E-state index contributed by atoms with van der Waals surface area (Å²) in [5.41, 5.74) is -0.570. The van der Waals surface area contributed by atoms with Crippen molar-refractivity contribution in [3.8, 4) is 5.75 Å². The Balaban J connectivity index is 1.62. The highest BCUT2D eigenvalue weighted by molar-refractivity contribution is 6.31. The topological polar surface area (TPSA) is 106 Å². The number of ether oxygens (including phenoxy) is 1. The second-order valence-electron chi connectivity index (χ2n) is 8.65. The first-order valence-electron chi connectivity index (χ1n) is 11.1. The number of amides is 3. The summed E-state index contributed by atoms with van der Waals surface area (Å²) >= 11 is 6.06. The number of rotatable bonds is 6. The van der Waals surface area contributed by atoms with E-state index in [1.807, 2.05) is 6.92 Å². The fourth-order valence-electron chi connectivity index (χ4n) is 4.72. The van der Waals surface area contributed by atoms with Gasteiger partial charge in [-0.1, -0.05) is 24.4 Å². The summed E-state index contributed by atoms with van der Waals surface area (Å²) in [7, 11) is 1.48. The molecule has 4 rings (SSSR count). The first-order valence-corrected chi connectivity index (χ1v) is 11.5. The molecule has 10 heteroatoms. The Morgan fingerprint density at radius 1 is 1.30 bits per heavy atom. The molecule has 1 aromatic carbocycles. The third-order valence-corrected chi connectivity index (χ3v) is 6.72. The van der Waals surface area contributed by atoms with E-state index in [-0.39, 0.29) is 29.9 Å². The number of anilines is 1. The Kier molecular flexibility index (Phi) is 6.34. The Labute approximate surface area is 197 Å². The van der Waals surface area contributed by atoms with Gasteiger partial charge in [0.25, 0.3) is 11.8 Å². The second-order valence-corrected chi connectivity index (χ2v) is 9.08. The molecule has 0 bridgehead atoms. The summed E-state index contributed by atoms with van der Waals surface area (Å²) in [5, 5.41) is 6.26. The molecule has 0 radical (unpaired) electrons. The van der Waals surface area contributed by atoms with E-state index in [1.54, 1.807) is 29.7 Å². The van der Waals surface area contributed by atoms with Crippen LogP contribution < -0.4 is 15.4 Å². The quantitative estimate of drug-likeness (QED) is 0.670. The maximum absolute atomic E-state index is 13.5. The van der Waals surface area contributed by atoms with Crippen LogP contribution in [0.15, 0.2) is 24.5 Å². The first kappa shape index (κ1) is 23.1. The number of nitrogens with one attached hydrogen (secondary N) is 2. The van der Waals surface area contributed by atoms with Crippen molar-refractivity contribution in [2.45, 2.75) is 57.7 Å². The smallest absolute Gasteiger partial charge is 0.276 e. The summed E-state index contributed by atoms with van der Waals surface area (Å²) in [6.45, 7) is 4.11. The van der Waals surface area contributed by atoms with E-state index < -0.39 is 17.4 Å². The number of benzene rings is 1. The monoisotopic (exact) mass is 473 g/mol. The molecule has 0 saturated heterocycles. The number of aromatic nitrogens is 2. The molecule has 2 N–H and O–H groups in total. The molecule has 1 fully saturated rings. The Bertz CT molecular complexity index is 1090. The molecule has 2 heterocycles. The summed E-state index contributed by atoms with van der Waals surface area (Å²) in [6.07, 6.45) is 5.54. The summed E-state index contributed by atoms with van der Waals surface area (Å²) < 4.78 is 6.87. The highest BCUT2D eigenvalue weighted by atomic mass is 35.5. The number of likely N-dealkylation sites (N-methyl/N-ethyl adjacent to an activating group) is 1. The van der Waals surface area contributed by atoms with Crippen LogP contribution in [0.3, 0.4) is 0 Å². The summed E-state index contributed by atoms with van der Waals surface area (Å²) in [5.74, 6) is -0.724. The fraction of sp³-hybridized carbons (Fsp3) is 0.478. The lowest BCUT2D eigenvalue weighted by atomic mass is 9.94. The molecule has 1 saturated carbocycles. The van der Waals surface area contributed by atoms with Crippen LogP contribution in [0, 0.1) is 0 Å². The van der Waals surface area contributed by atoms with Gasteiger partial charge in [-0.05, 0) is 44.9 Å². The third-order valence-electron chi connectivity index (χ3n) is 6.48. The SMILES string of the molecule is CCN1C(=O)c2c(C(=O)Nc3cc(Cl)ccc3OC)ncn2C[C@@]1(C)C(=O)NC1CCCC1. The molecule has 1 aliphatic heterocycles. The van der Waals surface area contributed by atoms with Crippen molar-refractivity contribution in [1.29, 1.82) is 0 Å². The van der Waals surface area contributed by atoms with Crippen LogP contribution >= 0.6 is 11.6 Å². The van der Waals surface area contributed by atoms with Crippen molar-refractivity contribution in [2.24, 2.45) is 0 Å². The molecule has 0 unspecified atom stereocenters. The largest absolute Gasteiger partial charge is 0.495 e. The molecular weight excluding hydrogens is 446 g/mol. The lowest BCUT2D eigenvalue weighted by molar-refractivity contribution is -0.133. The number of fused-ring (bicyclic) bond motifs is 1. The van der Waals surface area contributed by atoms with Crippen LogP contribution in [0.4, 0.5) is 5.69 Å². The minimum atomic E-state index is -1.08. The van der Waals surface area contributed by atoms with Gasteiger partial charge in [0.1, 0.15) is 17.0 Å². The van der Waals surface area contributed by atoms with E-state index in [1.165, 1.54) is 18.3 Å². The van der Waals surface area contributed by atoms with Crippen LogP contribution in [-0.2, 0) is 11.3 Å². The van der Waals surface area contributed by atoms with Crippen LogP contribution in [0.1, 0.15) is 60.5 Å². The van der Waals surface area contributed by atoms with Crippen LogP contribution in [0.2, 0.25) is 5.02 Å². The average molecular weight is 474 g/mol. The lowest BCUT2D eigenvalue weighted by Crippen LogP contribution is -2.64. The number of methoxy groups -OCH3 is 1. The molecule has 1 aliphatic carbocycles. The highest BCUT2D eigenvalue weighted by Crippen LogP contribution is 2.31. The Hall–Kier alpha value is -3.07. The number of imidazole rings is 1. The highest BCUT2D eigenvalue weighted by Gasteiger charge is 2.48. The van der Waals surface area contributed by atoms with E-state index in [9.17, 15) is 14.4 Å².